The Morgan fingerprint density at radius 2 is 1.89 bits per heavy atom. The molecule has 1 unspecified atom stereocenters. The summed E-state index contributed by atoms with van der Waals surface area (Å²) in [6.07, 6.45) is 1.68. The summed E-state index contributed by atoms with van der Waals surface area (Å²) in [7, 11) is 1.54. The zero-order chi connectivity index (χ0) is 19.1. The van der Waals surface area contributed by atoms with Crippen molar-refractivity contribution in [2.75, 3.05) is 13.7 Å². The monoisotopic (exact) mass is 364 g/mol. The van der Waals surface area contributed by atoms with Crippen molar-refractivity contribution >= 4 is 5.91 Å². The van der Waals surface area contributed by atoms with Crippen LogP contribution in [-0.4, -0.2) is 34.4 Å². The van der Waals surface area contributed by atoms with E-state index in [1.165, 1.54) is 16.8 Å². The van der Waals surface area contributed by atoms with Crippen LogP contribution in [-0.2, 0) is 11.3 Å². The second-order valence-corrected chi connectivity index (χ2v) is 5.84. The smallest absolute Gasteiger partial charge is 0.272 e. The highest BCUT2D eigenvalue weighted by atomic mass is 16.5. The average Bonchev–Trinajstić information content (AvgIpc) is 2.72. The number of nitrogens with one attached hydrogen (secondary N) is 1. The van der Waals surface area contributed by atoms with Gasteiger partial charge in [0.1, 0.15) is 5.69 Å². The molecule has 0 spiro atoms. The summed E-state index contributed by atoms with van der Waals surface area (Å²) in [6.45, 7) is 0.608. The number of amides is 1. The third-order valence-corrected chi connectivity index (χ3v) is 4.00. The Labute approximate surface area is 156 Å². The van der Waals surface area contributed by atoms with E-state index in [0.717, 1.165) is 5.56 Å². The first-order valence-corrected chi connectivity index (χ1v) is 8.53. The molecule has 1 atom stereocenters. The number of carbonyl (C=O) groups is 1. The lowest BCUT2D eigenvalue weighted by atomic mass is 10.0. The first-order chi connectivity index (χ1) is 13.2. The van der Waals surface area contributed by atoms with Crippen molar-refractivity contribution in [3.05, 3.63) is 94.2 Å². The third kappa shape index (κ3) is 4.65. The Balaban J connectivity index is 1.88. The molecule has 0 fully saturated rings. The van der Waals surface area contributed by atoms with Gasteiger partial charge < -0.3 is 10.1 Å². The average molecular weight is 364 g/mol. The number of methoxy groups -OCH3 is 1. The summed E-state index contributed by atoms with van der Waals surface area (Å²) >= 11 is 0. The van der Waals surface area contributed by atoms with E-state index in [2.05, 4.69) is 15.4 Å². The summed E-state index contributed by atoms with van der Waals surface area (Å²) < 4.78 is 6.19. The summed E-state index contributed by atoms with van der Waals surface area (Å²) in [5.74, 6) is -0.388. The third-order valence-electron chi connectivity index (χ3n) is 4.00. The lowest BCUT2D eigenvalue weighted by Crippen LogP contribution is -2.33. The Morgan fingerprint density at radius 3 is 2.59 bits per heavy atom. The van der Waals surface area contributed by atoms with Gasteiger partial charge in [0.25, 0.3) is 11.5 Å². The molecular formula is C20H20N4O3. The molecule has 0 saturated heterocycles. The molecule has 0 aliphatic carbocycles. The van der Waals surface area contributed by atoms with Gasteiger partial charge in [-0.15, -0.1) is 0 Å². The van der Waals surface area contributed by atoms with Crippen LogP contribution in [0.15, 0.2) is 71.7 Å². The second kappa shape index (κ2) is 8.86. The molecule has 1 amide bonds. The van der Waals surface area contributed by atoms with Gasteiger partial charge in [-0.2, -0.15) is 5.10 Å². The lowest BCUT2D eigenvalue weighted by molar-refractivity contribution is 0.0933. The molecule has 27 heavy (non-hydrogen) atoms. The van der Waals surface area contributed by atoms with E-state index < -0.39 is 6.04 Å². The number of ether oxygens (including phenoxy) is 1. The number of carbonyl (C=O) groups excluding carboxylic acids is 1. The zero-order valence-corrected chi connectivity index (χ0v) is 14.9. The van der Waals surface area contributed by atoms with Crippen LogP contribution >= 0.6 is 0 Å². The number of hydrogen-bond donors (Lipinski definition) is 1. The first-order valence-electron chi connectivity index (χ1n) is 8.53. The SMILES string of the molecule is COCCn1nc(C(=O)NC(c2ccccc2)c2ccccn2)ccc1=O. The molecular weight excluding hydrogens is 344 g/mol. The minimum atomic E-state index is -0.430. The summed E-state index contributed by atoms with van der Waals surface area (Å²) in [5.41, 5.74) is 1.48. The van der Waals surface area contributed by atoms with E-state index >= 15 is 0 Å². The van der Waals surface area contributed by atoms with Gasteiger partial charge in [-0.1, -0.05) is 36.4 Å². The fourth-order valence-electron chi connectivity index (χ4n) is 2.63. The molecule has 2 aromatic heterocycles. The molecule has 138 valence electrons. The maximum absolute atomic E-state index is 12.8. The van der Waals surface area contributed by atoms with E-state index in [0.29, 0.717) is 12.3 Å². The number of benzene rings is 1. The molecule has 0 bridgehead atoms. The molecule has 0 aliphatic rings. The minimum Gasteiger partial charge on any atom is -0.383 e. The maximum atomic E-state index is 12.8. The van der Waals surface area contributed by atoms with Gasteiger partial charge in [0, 0.05) is 19.4 Å². The highest BCUT2D eigenvalue weighted by molar-refractivity contribution is 5.92. The van der Waals surface area contributed by atoms with E-state index in [-0.39, 0.29) is 23.7 Å². The summed E-state index contributed by atoms with van der Waals surface area (Å²) in [5, 5.41) is 7.10. The highest BCUT2D eigenvalue weighted by Crippen LogP contribution is 2.20. The Bertz CT molecular complexity index is 903. The fraction of sp³-hybridized carbons (Fsp3) is 0.200. The van der Waals surface area contributed by atoms with E-state index in [4.69, 9.17) is 4.74 Å². The number of aromatic nitrogens is 3. The van der Waals surface area contributed by atoms with Crippen LogP contribution < -0.4 is 10.9 Å². The van der Waals surface area contributed by atoms with Gasteiger partial charge in [-0.05, 0) is 23.8 Å². The van der Waals surface area contributed by atoms with Crippen LogP contribution in [0, 0.1) is 0 Å². The molecule has 7 heteroatoms. The van der Waals surface area contributed by atoms with E-state index in [9.17, 15) is 9.59 Å². The van der Waals surface area contributed by atoms with Crippen molar-refractivity contribution in [3.8, 4) is 0 Å². The quantitative estimate of drug-likeness (QED) is 0.691. The van der Waals surface area contributed by atoms with Crippen molar-refractivity contribution in [1.82, 2.24) is 20.1 Å². The molecule has 0 saturated carbocycles. The molecule has 1 aromatic carbocycles. The number of nitrogens with zero attached hydrogens (tertiary/aromatic N) is 3. The van der Waals surface area contributed by atoms with E-state index in [1.807, 2.05) is 48.5 Å². The van der Waals surface area contributed by atoms with Gasteiger partial charge in [-0.25, -0.2) is 4.68 Å². The van der Waals surface area contributed by atoms with Gasteiger partial charge in [0.2, 0.25) is 0 Å². The molecule has 7 nitrogen and oxygen atoms in total. The van der Waals surface area contributed by atoms with Gasteiger partial charge >= 0.3 is 0 Å². The lowest BCUT2D eigenvalue weighted by Gasteiger charge is -2.18. The Kier molecular flexibility index (Phi) is 6.06. The van der Waals surface area contributed by atoms with Crippen LogP contribution in [0.3, 0.4) is 0 Å². The molecule has 1 N–H and O–H groups in total. The highest BCUT2D eigenvalue weighted by Gasteiger charge is 2.20. The minimum absolute atomic E-state index is 0.155. The van der Waals surface area contributed by atoms with Crippen molar-refractivity contribution in [2.24, 2.45) is 0 Å². The van der Waals surface area contributed by atoms with Crippen molar-refractivity contribution < 1.29 is 9.53 Å². The van der Waals surface area contributed by atoms with E-state index in [1.54, 1.807) is 13.3 Å². The second-order valence-electron chi connectivity index (χ2n) is 5.84. The van der Waals surface area contributed by atoms with Gasteiger partial charge in [0.15, 0.2) is 0 Å². The van der Waals surface area contributed by atoms with Crippen molar-refractivity contribution in [2.45, 2.75) is 12.6 Å². The standard InChI is InChI=1S/C20H20N4O3/c1-27-14-13-24-18(25)11-10-17(23-24)20(26)22-19(15-7-3-2-4-8-15)16-9-5-6-12-21-16/h2-12,19H,13-14H2,1H3,(H,22,26). The van der Waals surface area contributed by atoms with Crippen molar-refractivity contribution in [1.29, 1.82) is 0 Å². The number of pyridine rings is 1. The number of rotatable bonds is 7. The van der Waals surface area contributed by atoms with Crippen molar-refractivity contribution in [3.63, 3.8) is 0 Å². The molecule has 0 aliphatic heterocycles. The number of hydrogen-bond acceptors (Lipinski definition) is 5. The van der Waals surface area contributed by atoms with Crippen LogP contribution in [0.2, 0.25) is 0 Å². The molecule has 3 rings (SSSR count). The van der Waals surface area contributed by atoms with Crippen LogP contribution in [0.5, 0.6) is 0 Å². The normalized spacial score (nSPS) is 11.7. The predicted octanol–water partition coefficient (Wildman–Crippen LogP) is 1.80. The summed E-state index contributed by atoms with van der Waals surface area (Å²) in [6, 6.07) is 17.4. The van der Waals surface area contributed by atoms with Crippen LogP contribution in [0.4, 0.5) is 0 Å². The molecule has 0 radical (unpaired) electrons. The Morgan fingerprint density at radius 1 is 1.11 bits per heavy atom. The predicted molar refractivity (Wildman–Crippen MR) is 100 cm³/mol. The summed E-state index contributed by atoms with van der Waals surface area (Å²) in [4.78, 5) is 29.0. The largest absolute Gasteiger partial charge is 0.383 e. The zero-order valence-electron chi connectivity index (χ0n) is 14.9. The molecule has 3 aromatic rings. The van der Waals surface area contributed by atoms with Gasteiger partial charge in [0.05, 0.1) is 24.9 Å². The maximum Gasteiger partial charge on any atom is 0.272 e. The first kappa shape index (κ1) is 18.5. The van der Waals surface area contributed by atoms with Gasteiger partial charge in [-0.3, -0.25) is 14.6 Å². The Hall–Kier alpha value is -3.32. The topological polar surface area (TPSA) is 86.1 Å². The van der Waals surface area contributed by atoms with Crippen LogP contribution in [0.1, 0.15) is 27.8 Å². The fourth-order valence-corrected chi connectivity index (χ4v) is 2.63. The van der Waals surface area contributed by atoms with Crippen LogP contribution in [0.25, 0.3) is 0 Å². The molecule has 2 heterocycles.